The summed E-state index contributed by atoms with van der Waals surface area (Å²) in [6.07, 6.45) is 2.19. The Morgan fingerprint density at radius 3 is 2.38 bits per heavy atom. The van der Waals surface area contributed by atoms with Gasteiger partial charge in [-0.15, -0.1) is 6.58 Å². The average molecular weight is 186 g/mol. The van der Waals surface area contributed by atoms with Gasteiger partial charge in [0.05, 0.1) is 12.7 Å². The zero-order valence-electron chi connectivity index (χ0n) is 8.20. The Morgan fingerprint density at radius 1 is 1.54 bits per heavy atom. The van der Waals surface area contributed by atoms with Gasteiger partial charge < -0.3 is 15.3 Å². The molecule has 3 nitrogen and oxygen atoms in total. The van der Waals surface area contributed by atoms with E-state index >= 15 is 0 Å². The molecule has 0 bridgehead atoms. The van der Waals surface area contributed by atoms with Crippen LogP contribution in [0.4, 0.5) is 0 Å². The lowest BCUT2D eigenvalue weighted by Gasteiger charge is -2.23. The number of hydrogen-bond acceptors (Lipinski definition) is 3. The van der Waals surface area contributed by atoms with Crippen LogP contribution in [0.3, 0.4) is 0 Å². The Morgan fingerprint density at radius 2 is 2.08 bits per heavy atom. The van der Waals surface area contributed by atoms with Gasteiger partial charge in [0.2, 0.25) is 0 Å². The van der Waals surface area contributed by atoms with Gasteiger partial charge in [0.25, 0.3) is 0 Å². The molecular formula is C10H18O3. The first-order chi connectivity index (χ1) is 5.93. The quantitative estimate of drug-likeness (QED) is 0.551. The zero-order valence-corrected chi connectivity index (χ0v) is 8.20. The van der Waals surface area contributed by atoms with Gasteiger partial charge in [-0.25, -0.2) is 0 Å². The number of hydrogen-bond donors (Lipinski definition) is 3. The van der Waals surface area contributed by atoms with Crippen molar-refractivity contribution in [2.75, 3.05) is 6.61 Å². The third-order valence-corrected chi connectivity index (χ3v) is 1.74. The highest BCUT2D eigenvalue weighted by molar-refractivity contribution is 5.04. The lowest BCUT2D eigenvalue weighted by atomic mass is 9.96. The summed E-state index contributed by atoms with van der Waals surface area (Å²) in [5.41, 5.74) is -0.414. The molecule has 76 valence electrons. The van der Waals surface area contributed by atoms with Crippen LogP contribution in [0.15, 0.2) is 24.3 Å². The minimum atomic E-state index is -1.38. The number of aliphatic hydroxyl groups is 3. The second kappa shape index (κ2) is 5.17. The van der Waals surface area contributed by atoms with Crippen molar-refractivity contribution in [1.29, 1.82) is 0 Å². The number of aliphatic hydroxyl groups excluding tert-OH is 2. The van der Waals surface area contributed by atoms with E-state index in [1.54, 1.807) is 6.08 Å². The van der Waals surface area contributed by atoms with Crippen molar-refractivity contribution in [2.24, 2.45) is 0 Å². The Balaban J connectivity index is 4.25. The van der Waals surface area contributed by atoms with Crippen LogP contribution in [0, 0.1) is 0 Å². The van der Waals surface area contributed by atoms with Crippen LogP contribution in [-0.4, -0.2) is 33.6 Å². The van der Waals surface area contributed by atoms with Crippen molar-refractivity contribution in [3.8, 4) is 0 Å². The maximum atomic E-state index is 9.55. The highest BCUT2D eigenvalue weighted by Crippen LogP contribution is 2.15. The fourth-order valence-electron chi connectivity index (χ4n) is 1.02. The fourth-order valence-corrected chi connectivity index (χ4v) is 1.02. The number of allylic oxidation sites excluding steroid dienone is 1. The van der Waals surface area contributed by atoms with Crippen molar-refractivity contribution in [2.45, 2.75) is 32.0 Å². The SMILES string of the molecule is C=CC(O)(CO)CC(O)C=C(C)C. The molecule has 0 saturated carbocycles. The summed E-state index contributed by atoms with van der Waals surface area (Å²) < 4.78 is 0. The second-order valence-corrected chi connectivity index (χ2v) is 3.48. The summed E-state index contributed by atoms with van der Waals surface area (Å²) in [6, 6.07) is 0. The lowest BCUT2D eigenvalue weighted by Crippen LogP contribution is -2.34. The van der Waals surface area contributed by atoms with E-state index in [4.69, 9.17) is 5.11 Å². The lowest BCUT2D eigenvalue weighted by molar-refractivity contribution is -0.00431. The summed E-state index contributed by atoms with van der Waals surface area (Å²) in [7, 11) is 0. The molecule has 0 fully saturated rings. The highest BCUT2D eigenvalue weighted by atomic mass is 16.3. The van der Waals surface area contributed by atoms with Crippen molar-refractivity contribution in [3.05, 3.63) is 24.3 Å². The van der Waals surface area contributed by atoms with Gasteiger partial charge in [0.1, 0.15) is 5.60 Å². The Kier molecular flexibility index (Phi) is 4.91. The smallest absolute Gasteiger partial charge is 0.108 e. The number of rotatable bonds is 5. The predicted octanol–water partition coefficient (Wildman–Crippen LogP) is 0.613. The van der Waals surface area contributed by atoms with Crippen LogP contribution in [0.5, 0.6) is 0 Å². The van der Waals surface area contributed by atoms with E-state index in [0.29, 0.717) is 0 Å². The molecular weight excluding hydrogens is 168 g/mol. The van der Waals surface area contributed by atoms with Crippen LogP contribution < -0.4 is 0 Å². The van der Waals surface area contributed by atoms with Crippen LogP contribution in [0.25, 0.3) is 0 Å². The largest absolute Gasteiger partial charge is 0.393 e. The molecule has 0 aliphatic carbocycles. The molecule has 3 heteroatoms. The molecule has 0 heterocycles. The standard InChI is InChI=1S/C10H18O3/c1-4-10(13,7-11)6-9(12)5-8(2)3/h4-5,9,11-13H,1,6-7H2,2-3H3. The van der Waals surface area contributed by atoms with Gasteiger partial charge in [-0.2, -0.15) is 0 Å². The molecule has 0 amide bonds. The maximum absolute atomic E-state index is 9.55. The fraction of sp³-hybridized carbons (Fsp3) is 0.600. The summed E-state index contributed by atoms with van der Waals surface area (Å²) in [5.74, 6) is 0. The zero-order chi connectivity index (χ0) is 10.5. The van der Waals surface area contributed by atoms with Gasteiger partial charge >= 0.3 is 0 Å². The van der Waals surface area contributed by atoms with E-state index in [9.17, 15) is 10.2 Å². The van der Waals surface area contributed by atoms with E-state index in [-0.39, 0.29) is 6.42 Å². The Labute approximate surface area is 79.0 Å². The van der Waals surface area contributed by atoms with Gasteiger partial charge in [-0.3, -0.25) is 0 Å². The minimum absolute atomic E-state index is 0.0676. The first-order valence-electron chi connectivity index (χ1n) is 4.23. The summed E-state index contributed by atoms with van der Waals surface area (Å²) >= 11 is 0. The van der Waals surface area contributed by atoms with E-state index in [0.717, 1.165) is 5.57 Å². The third-order valence-electron chi connectivity index (χ3n) is 1.74. The average Bonchev–Trinajstić information content (AvgIpc) is 2.02. The molecule has 0 aromatic rings. The molecule has 2 atom stereocenters. The van der Waals surface area contributed by atoms with E-state index in [1.165, 1.54) is 6.08 Å². The Hall–Kier alpha value is -0.640. The van der Waals surface area contributed by atoms with Crippen molar-refractivity contribution < 1.29 is 15.3 Å². The van der Waals surface area contributed by atoms with Gasteiger partial charge in [0, 0.05) is 6.42 Å². The van der Waals surface area contributed by atoms with E-state index in [2.05, 4.69) is 6.58 Å². The van der Waals surface area contributed by atoms with Crippen LogP contribution >= 0.6 is 0 Å². The topological polar surface area (TPSA) is 60.7 Å². The van der Waals surface area contributed by atoms with Crippen molar-refractivity contribution in [1.82, 2.24) is 0 Å². The summed E-state index contributed by atoms with van der Waals surface area (Å²) in [6.45, 7) is 6.68. The highest BCUT2D eigenvalue weighted by Gasteiger charge is 2.24. The Bertz CT molecular complexity index is 194. The molecule has 0 saturated heterocycles. The molecule has 3 N–H and O–H groups in total. The van der Waals surface area contributed by atoms with E-state index < -0.39 is 18.3 Å². The second-order valence-electron chi connectivity index (χ2n) is 3.48. The maximum Gasteiger partial charge on any atom is 0.108 e. The van der Waals surface area contributed by atoms with Crippen molar-refractivity contribution in [3.63, 3.8) is 0 Å². The van der Waals surface area contributed by atoms with Crippen LogP contribution in [-0.2, 0) is 0 Å². The predicted molar refractivity (Wildman–Crippen MR) is 52.3 cm³/mol. The first kappa shape index (κ1) is 12.4. The molecule has 0 rings (SSSR count). The summed E-state index contributed by atoms with van der Waals surface area (Å²) in [4.78, 5) is 0. The molecule has 2 unspecified atom stereocenters. The molecule has 0 radical (unpaired) electrons. The molecule has 0 aromatic heterocycles. The molecule has 0 aliphatic heterocycles. The van der Waals surface area contributed by atoms with E-state index in [1.807, 2.05) is 13.8 Å². The van der Waals surface area contributed by atoms with Gasteiger partial charge in [-0.1, -0.05) is 17.7 Å². The normalized spacial score (nSPS) is 17.3. The van der Waals surface area contributed by atoms with Crippen LogP contribution in [0.1, 0.15) is 20.3 Å². The molecule has 0 aromatic carbocycles. The van der Waals surface area contributed by atoms with Gasteiger partial charge in [-0.05, 0) is 13.8 Å². The first-order valence-corrected chi connectivity index (χ1v) is 4.23. The third kappa shape index (κ3) is 4.83. The summed E-state index contributed by atoms with van der Waals surface area (Å²) in [5, 5.41) is 27.8. The molecule has 0 spiro atoms. The minimum Gasteiger partial charge on any atom is -0.393 e. The molecule has 0 aliphatic rings. The van der Waals surface area contributed by atoms with Crippen LogP contribution in [0.2, 0.25) is 0 Å². The van der Waals surface area contributed by atoms with Gasteiger partial charge in [0.15, 0.2) is 0 Å². The van der Waals surface area contributed by atoms with Crippen molar-refractivity contribution >= 4 is 0 Å². The monoisotopic (exact) mass is 186 g/mol. The molecule has 13 heavy (non-hydrogen) atoms.